The van der Waals surface area contributed by atoms with Crippen molar-refractivity contribution in [2.75, 3.05) is 13.1 Å². The van der Waals surface area contributed by atoms with Crippen molar-refractivity contribution in [3.05, 3.63) is 49.7 Å². The van der Waals surface area contributed by atoms with Gasteiger partial charge in [0.25, 0.3) is 5.91 Å². The molecule has 3 rings (SSSR count). The molecule has 1 aliphatic heterocycles. The highest BCUT2D eigenvalue weighted by Crippen LogP contribution is 2.25. The van der Waals surface area contributed by atoms with Crippen LogP contribution in [0.5, 0.6) is 5.75 Å². The maximum atomic E-state index is 12.3. The highest BCUT2D eigenvalue weighted by atomic mass is 35.5. The van der Waals surface area contributed by atoms with Crippen LogP contribution in [0.4, 0.5) is 0 Å². The lowest BCUT2D eigenvalue weighted by molar-refractivity contribution is 0.0777. The molecule has 0 N–H and O–H groups in total. The van der Waals surface area contributed by atoms with E-state index >= 15 is 0 Å². The second-order valence-electron chi connectivity index (χ2n) is 5.11. The zero-order valence-electron chi connectivity index (χ0n) is 11.9. The highest BCUT2D eigenvalue weighted by molar-refractivity contribution is 7.17. The Morgan fingerprint density at radius 1 is 1.45 bits per heavy atom. The number of hydrogen-bond acceptors (Lipinski definition) is 5. The fourth-order valence-electron chi connectivity index (χ4n) is 2.43. The first-order valence-corrected chi connectivity index (χ1v) is 8.04. The Labute approximate surface area is 136 Å². The standard InChI is InChI=1S/C15H14ClNO4S/c1-9-6-11(7-14(18)20-9)21-10-4-5-17(8-10)15(19)12-2-3-13(16)22-12/h2-3,6-7,10H,4-5,8H2,1H3. The third-order valence-corrected chi connectivity index (χ3v) is 4.61. The molecule has 1 fully saturated rings. The first-order valence-electron chi connectivity index (χ1n) is 6.84. The van der Waals surface area contributed by atoms with Gasteiger partial charge in [0.15, 0.2) is 0 Å². The largest absolute Gasteiger partial charge is 0.488 e. The predicted molar refractivity (Wildman–Crippen MR) is 84.0 cm³/mol. The summed E-state index contributed by atoms with van der Waals surface area (Å²) in [6.45, 7) is 2.81. The Bertz CT molecular complexity index is 754. The number of rotatable bonds is 3. The van der Waals surface area contributed by atoms with Crippen LogP contribution in [-0.2, 0) is 0 Å². The molecule has 2 aromatic rings. The van der Waals surface area contributed by atoms with E-state index in [1.54, 1.807) is 30.0 Å². The van der Waals surface area contributed by atoms with Crippen molar-refractivity contribution in [1.82, 2.24) is 4.90 Å². The number of ether oxygens (including phenoxy) is 1. The number of likely N-dealkylation sites (tertiary alicyclic amines) is 1. The van der Waals surface area contributed by atoms with Gasteiger partial charge in [0.2, 0.25) is 0 Å². The van der Waals surface area contributed by atoms with Gasteiger partial charge in [-0.3, -0.25) is 4.79 Å². The van der Waals surface area contributed by atoms with Crippen molar-refractivity contribution in [2.45, 2.75) is 19.4 Å². The van der Waals surface area contributed by atoms with Crippen molar-refractivity contribution >= 4 is 28.8 Å². The Morgan fingerprint density at radius 3 is 2.95 bits per heavy atom. The molecule has 0 aliphatic carbocycles. The molecule has 0 radical (unpaired) electrons. The maximum absolute atomic E-state index is 12.3. The number of nitrogens with zero attached hydrogens (tertiary/aromatic N) is 1. The number of hydrogen-bond donors (Lipinski definition) is 0. The average Bonchev–Trinajstić information content (AvgIpc) is 3.06. The lowest BCUT2D eigenvalue weighted by Gasteiger charge is -2.16. The van der Waals surface area contributed by atoms with Crippen LogP contribution in [0, 0.1) is 6.92 Å². The lowest BCUT2D eigenvalue weighted by atomic mass is 10.3. The summed E-state index contributed by atoms with van der Waals surface area (Å²) in [5.74, 6) is 0.945. The van der Waals surface area contributed by atoms with Gasteiger partial charge in [0.1, 0.15) is 17.6 Å². The van der Waals surface area contributed by atoms with Gasteiger partial charge < -0.3 is 14.1 Å². The van der Waals surface area contributed by atoms with Gasteiger partial charge in [0, 0.05) is 19.0 Å². The minimum atomic E-state index is -0.436. The first-order chi connectivity index (χ1) is 10.5. The zero-order chi connectivity index (χ0) is 15.7. The fraction of sp³-hybridized carbons (Fsp3) is 0.333. The van der Waals surface area contributed by atoms with Crippen molar-refractivity contribution in [1.29, 1.82) is 0 Å². The van der Waals surface area contributed by atoms with Crippen LogP contribution in [0.15, 0.2) is 33.5 Å². The van der Waals surface area contributed by atoms with E-state index in [-0.39, 0.29) is 12.0 Å². The predicted octanol–water partition coefficient (Wildman–Crippen LogP) is 2.96. The molecule has 22 heavy (non-hydrogen) atoms. The molecular weight excluding hydrogens is 326 g/mol. The summed E-state index contributed by atoms with van der Waals surface area (Å²) in [5.41, 5.74) is -0.436. The molecule has 0 spiro atoms. The number of amides is 1. The van der Waals surface area contributed by atoms with Gasteiger partial charge in [0.05, 0.1) is 21.8 Å². The SMILES string of the molecule is Cc1cc(OC2CCN(C(=O)c3ccc(Cl)s3)C2)cc(=O)o1. The van der Waals surface area contributed by atoms with Crippen LogP contribution in [0.3, 0.4) is 0 Å². The van der Waals surface area contributed by atoms with Crippen molar-refractivity contribution < 1.29 is 13.9 Å². The van der Waals surface area contributed by atoms with E-state index in [4.69, 9.17) is 20.8 Å². The quantitative estimate of drug-likeness (QED) is 0.862. The Balaban J connectivity index is 1.65. The van der Waals surface area contributed by atoms with Crippen molar-refractivity contribution in [3.8, 4) is 5.75 Å². The molecule has 0 bridgehead atoms. The van der Waals surface area contributed by atoms with Crippen molar-refractivity contribution in [3.63, 3.8) is 0 Å². The second kappa shape index (κ2) is 6.14. The van der Waals surface area contributed by atoms with Gasteiger partial charge in [-0.2, -0.15) is 0 Å². The molecule has 1 saturated heterocycles. The molecule has 116 valence electrons. The van der Waals surface area contributed by atoms with Gasteiger partial charge in [-0.25, -0.2) is 4.79 Å². The minimum Gasteiger partial charge on any atom is -0.488 e. The molecule has 0 saturated carbocycles. The number of carbonyl (C=O) groups excluding carboxylic acids is 1. The van der Waals surface area contributed by atoms with E-state index in [2.05, 4.69) is 0 Å². The van der Waals surface area contributed by atoms with Crippen LogP contribution in [0.1, 0.15) is 21.9 Å². The molecule has 1 atom stereocenters. The monoisotopic (exact) mass is 339 g/mol. The third-order valence-electron chi connectivity index (χ3n) is 3.39. The number of aryl methyl sites for hydroxylation is 1. The van der Waals surface area contributed by atoms with Crippen LogP contribution in [-0.4, -0.2) is 30.0 Å². The summed E-state index contributed by atoms with van der Waals surface area (Å²) in [4.78, 5) is 26.0. The average molecular weight is 340 g/mol. The molecule has 1 aliphatic rings. The molecule has 5 nitrogen and oxygen atoms in total. The fourth-order valence-corrected chi connectivity index (χ4v) is 3.44. The number of thiophene rings is 1. The van der Waals surface area contributed by atoms with E-state index in [0.717, 1.165) is 6.42 Å². The van der Waals surface area contributed by atoms with Crippen LogP contribution < -0.4 is 10.4 Å². The van der Waals surface area contributed by atoms with Crippen LogP contribution >= 0.6 is 22.9 Å². The highest BCUT2D eigenvalue weighted by Gasteiger charge is 2.29. The van der Waals surface area contributed by atoms with Gasteiger partial charge in [-0.1, -0.05) is 11.6 Å². The summed E-state index contributed by atoms with van der Waals surface area (Å²) >= 11 is 7.13. The Hall–Kier alpha value is -1.79. The minimum absolute atomic E-state index is 0.0354. The molecule has 2 aromatic heterocycles. The molecule has 7 heteroatoms. The smallest absolute Gasteiger partial charge is 0.339 e. The molecule has 3 heterocycles. The summed E-state index contributed by atoms with van der Waals surface area (Å²) in [7, 11) is 0. The third kappa shape index (κ3) is 3.34. The molecule has 1 unspecified atom stereocenters. The molecular formula is C15H14ClNO4S. The lowest BCUT2D eigenvalue weighted by Crippen LogP contribution is -2.30. The summed E-state index contributed by atoms with van der Waals surface area (Å²) in [5, 5.41) is 0. The summed E-state index contributed by atoms with van der Waals surface area (Å²) < 4.78 is 11.3. The molecule has 0 aromatic carbocycles. The zero-order valence-corrected chi connectivity index (χ0v) is 13.4. The van der Waals surface area contributed by atoms with Gasteiger partial charge >= 0.3 is 5.63 Å². The normalized spacial score (nSPS) is 17.7. The van der Waals surface area contributed by atoms with E-state index in [0.29, 0.717) is 33.8 Å². The Kier molecular flexibility index (Phi) is 4.22. The Morgan fingerprint density at radius 2 is 2.27 bits per heavy atom. The summed E-state index contributed by atoms with van der Waals surface area (Å²) in [6, 6.07) is 6.44. The maximum Gasteiger partial charge on any atom is 0.339 e. The molecule has 1 amide bonds. The van der Waals surface area contributed by atoms with Crippen LogP contribution in [0.2, 0.25) is 4.34 Å². The topological polar surface area (TPSA) is 59.8 Å². The first kappa shape index (κ1) is 15.1. The van der Waals surface area contributed by atoms with E-state index in [1.807, 2.05) is 0 Å². The second-order valence-corrected chi connectivity index (χ2v) is 6.82. The van der Waals surface area contributed by atoms with Crippen molar-refractivity contribution in [2.24, 2.45) is 0 Å². The number of halogens is 1. The summed E-state index contributed by atoms with van der Waals surface area (Å²) in [6.07, 6.45) is 0.602. The van der Waals surface area contributed by atoms with Crippen LogP contribution in [0.25, 0.3) is 0 Å². The van der Waals surface area contributed by atoms with Gasteiger partial charge in [-0.05, 0) is 19.1 Å². The van der Waals surface area contributed by atoms with E-state index < -0.39 is 5.63 Å². The number of carbonyl (C=O) groups is 1. The van der Waals surface area contributed by atoms with Gasteiger partial charge in [-0.15, -0.1) is 11.3 Å². The van der Waals surface area contributed by atoms with E-state index in [1.165, 1.54) is 17.4 Å². The van der Waals surface area contributed by atoms with E-state index in [9.17, 15) is 9.59 Å².